The molecule has 0 aromatic heterocycles. The van der Waals surface area contributed by atoms with Crippen molar-refractivity contribution in [3.05, 3.63) is 42.0 Å². The summed E-state index contributed by atoms with van der Waals surface area (Å²) in [6, 6.07) is 10.4. The van der Waals surface area contributed by atoms with Gasteiger partial charge in [-0.05, 0) is 51.1 Å². The fourth-order valence-corrected chi connectivity index (χ4v) is 3.28. The predicted octanol–water partition coefficient (Wildman–Crippen LogP) is 3.44. The van der Waals surface area contributed by atoms with Crippen LogP contribution in [0.25, 0.3) is 0 Å². The molecule has 2 heterocycles. The Morgan fingerprint density at radius 3 is 2.64 bits per heavy atom. The number of hydrogen-bond donors (Lipinski definition) is 1. The van der Waals surface area contributed by atoms with Crippen LogP contribution in [0.2, 0.25) is 0 Å². The Kier molecular flexibility index (Phi) is 4.37. The van der Waals surface area contributed by atoms with E-state index in [1.165, 1.54) is 0 Å². The van der Waals surface area contributed by atoms with E-state index in [0.29, 0.717) is 40.7 Å². The van der Waals surface area contributed by atoms with E-state index in [-0.39, 0.29) is 25.2 Å². The van der Waals surface area contributed by atoms with Gasteiger partial charge in [0.1, 0.15) is 12.4 Å². The number of benzene rings is 2. The molecule has 2 aromatic rings. The van der Waals surface area contributed by atoms with Crippen molar-refractivity contribution in [1.29, 1.82) is 0 Å². The third-order valence-electron chi connectivity index (χ3n) is 4.87. The molecule has 0 fully saturated rings. The molecule has 0 radical (unpaired) electrons. The first-order valence-electron chi connectivity index (χ1n) is 9.19. The van der Waals surface area contributed by atoms with Gasteiger partial charge in [-0.2, -0.15) is 0 Å². The van der Waals surface area contributed by atoms with Crippen LogP contribution in [0.1, 0.15) is 31.1 Å². The first-order valence-corrected chi connectivity index (χ1v) is 9.19. The Labute approximate surface area is 163 Å². The second-order valence-corrected chi connectivity index (χ2v) is 7.43. The molecule has 0 saturated carbocycles. The van der Waals surface area contributed by atoms with E-state index >= 15 is 0 Å². The van der Waals surface area contributed by atoms with Crippen LogP contribution in [0.4, 0.5) is 11.4 Å². The maximum Gasteiger partial charge on any atom is 0.255 e. The summed E-state index contributed by atoms with van der Waals surface area (Å²) in [5, 5.41) is 2.87. The molecule has 0 aliphatic carbocycles. The van der Waals surface area contributed by atoms with Gasteiger partial charge in [-0.25, -0.2) is 0 Å². The van der Waals surface area contributed by atoms with Crippen molar-refractivity contribution in [3.8, 4) is 17.2 Å². The third kappa shape index (κ3) is 3.13. The maximum atomic E-state index is 12.8. The summed E-state index contributed by atoms with van der Waals surface area (Å²) in [5.41, 5.74) is 1.14. The lowest BCUT2D eigenvalue weighted by Crippen LogP contribution is -2.42. The summed E-state index contributed by atoms with van der Waals surface area (Å²) in [4.78, 5) is 27.1. The molecule has 2 aliphatic heterocycles. The fraction of sp³-hybridized carbons (Fsp3) is 0.333. The molecule has 0 spiro atoms. The van der Waals surface area contributed by atoms with Crippen LogP contribution < -0.4 is 24.4 Å². The van der Waals surface area contributed by atoms with Crippen molar-refractivity contribution in [2.24, 2.45) is 5.41 Å². The highest BCUT2D eigenvalue weighted by atomic mass is 16.7. The van der Waals surface area contributed by atoms with Gasteiger partial charge in [-0.15, -0.1) is 0 Å². The van der Waals surface area contributed by atoms with Gasteiger partial charge in [0.15, 0.2) is 11.5 Å². The van der Waals surface area contributed by atoms with Gasteiger partial charge in [-0.3, -0.25) is 9.59 Å². The minimum absolute atomic E-state index is 0.0193. The Balaban J connectivity index is 1.58. The molecule has 4 rings (SSSR count). The fourth-order valence-electron chi connectivity index (χ4n) is 3.28. The second-order valence-electron chi connectivity index (χ2n) is 7.43. The number of fused-ring (bicyclic) bond motifs is 2. The zero-order valence-electron chi connectivity index (χ0n) is 16.1. The van der Waals surface area contributed by atoms with Gasteiger partial charge in [0, 0.05) is 23.9 Å². The number of amides is 2. The summed E-state index contributed by atoms with van der Waals surface area (Å²) in [6.07, 6.45) is 0. The van der Waals surface area contributed by atoms with Crippen molar-refractivity contribution >= 4 is 23.2 Å². The number of nitrogens with one attached hydrogen (secondary N) is 1. The van der Waals surface area contributed by atoms with Crippen LogP contribution >= 0.6 is 0 Å². The largest absolute Gasteiger partial charge is 0.490 e. The number of rotatable bonds is 3. The number of carbonyl (C=O) groups excluding carboxylic acids is 2. The molecular weight excluding hydrogens is 360 g/mol. The van der Waals surface area contributed by atoms with Gasteiger partial charge in [0.05, 0.1) is 11.1 Å². The molecule has 0 unspecified atom stereocenters. The predicted molar refractivity (Wildman–Crippen MR) is 104 cm³/mol. The Hall–Kier alpha value is -3.22. The molecule has 2 amide bonds. The second kappa shape index (κ2) is 6.74. The molecule has 2 aliphatic rings. The minimum Gasteiger partial charge on any atom is -0.490 e. The molecule has 7 heteroatoms. The number of nitrogens with zero attached hydrogens (tertiary/aromatic N) is 1. The normalized spacial score (nSPS) is 16.8. The maximum absolute atomic E-state index is 12.8. The quantitative estimate of drug-likeness (QED) is 0.880. The lowest BCUT2D eigenvalue weighted by molar-refractivity contribution is -0.127. The van der Waals surface area contributed by atoms with E-state index in [2.05, 4.69) is 5.32 Å². The van der Waals surface area contributed by atoms with Crippen LogP contribution in [0.5, 0.6) is 17.2 Å². The highest BCUT2D eigenvalue weighted by Gasteiger charge is 2.37. The molecular formula is C21H22N2O5. The Morgan fingerprint density at radius 1 is 1.07 bits per heavy atom. The van der Waals surface area contributed by atoms with E-state index < -0.39 is 5.41 Å². The van der Waals surface area contributed by atoms with Crippen LogP contribution in [0, 0.1) is 5.41 Å². The standard InChI is InChI=1S/C21H22N2O5/c1-4-23-15-7-6-14(10-17(15)26-11-21(2,3)20(23)25)22-19(24)13-5-8-16-18(9-13)28-12-27-16/h5-10H,4,11-12H2,1-3H3,(H,22,24). The van der Waals surface area contributed by atoms with Crippen LogP contribution in [-0.2, 0) is 4.79 Å². The number of carbonyl (C=O) groups is 2. The molecule has 2 aromatic carbocycles. The minimum atomic E-state index is -0.620. The van der Waals surface area contributed by atoms with E-state index in [0.717, 1.165) is 0 Å². The van der Waals surface area contributed by atoms with Crippen molar-refractivity contribution in [1.82, 2.24) is 0 Å². The lowest BCUT2D eigenvalue weighted by atomic mass is 9.93. The van der Waals surface area contributed by atoms with Crippen molar-refractivity contribution in [2.45, 2.75) is 20.8 Å². The first kappa shape index (κ1) is 18.2. The molecule has 1 N–H and O–H groups in total. The van der Waals surface area contributed by atoms with E-state index in [1.54, 1.807) is 41.3 Å². The average molecular weight is 382 g/mol. The van der Waals surface area contributed by atoms with Gasteiger partial charge in [-0.1, -0.05) is 0 Å². The van der Waals surface area contributed by atoms with E-state index in [4.69, 9.17) is 14.2 Å². The molecule has 0 bridgehead atoms. The van der Waals surface area contributed by atoms with Crippen molar-refractivity contribution in [3.63, 3.8) is 0 Å². The van der Waals surface area contributed by atoms with Crippen LogP contribution in [-0.4, -0.2) is 31.8 Å². The van der Waals surface area contributed by atoms with E-state index in [9.17, 15) is 9.59 Å². The van der Waals surface area contributed by atoms with Crippen molar-refractivity contribution in [2.75, 3.05) is 30.2 Å². The van der Waals surface area contributed by atoms with E-state index in [1.807, 2.05) is 20.8 Å². The summed E-state index contributed by atoms with van der Waals surface area (Å²) >= 11 is 0. The highest BCUT2D eigenvalue weighted by Crippen LogP contribution is 2.38. The summed E-state index contributed by atoms with van der Waals surface area (Å²) in [7, 11) is 0. The molecule has 28 heavy (non-hydrogen) atoms. The topological polar surface area (TPSA) is 77.1 Å². The van der Waals surface area contributed by atoms with Gasteiger partial charge < -0.3 is 24.4 Å². The zero-order valence-corrected chi connectivity index (χ0v) is 16.1. The number of ether oxygens (including phenoxy) is 3. The smallest absolute Gasteiger partial charge is 0.255 e. The van der Waals surface area contributed by atoms with Crippen molar-refractivity contribution < 1.29 is 23.8 Å². The molecule has 0 saturated heterocycles. The number of anilines is 2. The Morgan fingerprint density at radius 2 is 1.86 bits per heavy atom. The van der Waals surface area contributed by atoms with Gasteiger partial charge in [0.2, 0.25) is 12.7 Å². The van der Waals surface area contributed by atoms with Crippen LogP contribution in [0.15, 0.2) is 36.4 Å². The van der Waals surface area contributed by atoms with Gasteiger partial charge in [0.25, 0.3) is 5.91 Å². The molecule has 0 atom stereocenters. The lowest BCUT2D eigenvalue weighted by Gasteiger charge is -2.26. The summed E-state index contributed by atoms with van der Waals surface area (Å²) in [6.45, 7) is 6.64. The SMILES string of the molecule is CCN1C(=O)C(C)(C)COc2cc(NC(=O)c3ccc4c(c3)OCO4)ccc21. The summed E-state index contributed by atoms with van der Waals surface area (Å²) in [5.74, 6) is 1.50. The average Bonchev–Trinajstić information content (AvgIpc) is 3.12. The molecule has 146 valence electrons. The number of hydrogen-bond acceptors (Lipinski definition) is 5. The first-order chi connectivity index (χ1) is 13.4. The molecule has 7 nitrogen and oxygen atoms in total. The van der Waals surface area contributed by atoms with Gasteiger partial charge >= 0.3 is 0 Å². The van der Waals surface area contributed by atoms with Crippen LogP contribution in [0.3, 0.4) is 0 Å². The third-order valence-corrected chi connectivity index (χ3v) is 4.87. The zero-order chi connectivity index (χ0) is 19.9. The monoisotopic (exact) mass is 382 g/mol. The summed E-state index contributed by atoms with van der Waals surface area (Å²) < 4.78 is 16.5. The highest BCUT2D eigenvalue weighted by molar-refractivity contribution is 6.05. The Bertz CT molecular complexity index is 954.